The first-order chi connectivity index (χ1) is 12.5. The van der Waals surface area contributed by atoms with Crippen LogP contribution < -0.4 is 5.32 Å². The van der Waals surface area contributed by atoms with Gasteiger partial charge in [0.05, 0.1) is 24.9 Å². The normalized spacial score (nSPS) is 50.3. The molecule has 0 unspecified atom stereocenters. The SMILES string of the molecule is OC[C@H]1N[C@@H](CCCCCC23CC4CC(CC(C4)C2)C3)[C@H](O)[C@@H](O)[C@@H]1O. The molecule has 5 fully saturated rings. The third kappa shape index (κ3) is 3.70. The van der Waals surface area contributed by atoms with Crippen molar-refractivity contribution in [1.82, 2.24) is 5.32 Å². The van der Waals surface area contributed by atoms with E-state index in [4.69, 9.17) is 0 Å². The number of unbranched alkanes of at least 4 members (excludes halogenated alkanes) is 2. The van der Waals surface area contributed by atoms with Crippen molar-refractivity contribution in [1.29, 1.82) is 0 Å². The quantitative estimate of drug-likeness (QED) is 0.441. The zero-order valence-corrected chi connectivity index (χ0v) is 15.9. The van der Waals surface area contributed by atoms with Gasteiger partial charge >= 0.3 is 0 Å². The van der Waals surface area contributed by atoms with Crippen molar-refractivity contribution in [3.05, 3.63) is 0 Å². The zero-order chi connectivity index (χ0) is 18.3. The number of rotatable bonds is 7. The Labute approximate surface area is 157 Å². The topological polar surface area (TPSA) is 93.0 Å². The van der Waals surface area contributed by atoms with E-state index in [-0.39, 0.29) is 12.6 Å². The first-order valence-corrected chi connectivity index (χ1v) is 10.9. The predicted molar refractivity (Wildman–Crippen MR) is 99.5 cm³/mol. The summed E-state index contributed by atoms with van der Waals surface area (Å²) in [5, 5.41) is 42.4. The van der Waals surface area contributed by atoms with Gasteiger partial charge < -0.3 is 25.7 Å². The summed E-state index contributed by atoms with van der Waals surface area (Å²) >= 11 is 0. The number of aliphatic hydroxyl groups excluding tert-OH is 4. The lowest BCUT2D eigenvalue weighted by molar-refractivity contribution is -0.120. The van der Waals surface area contributed by atoms with Crippen molar-refractivity contribution in [3.63, 3.8) is 0 Å². The minimum atomic E-state index is -1.18. The Bertz CT molecular complexity index is 447. The summed E-state index contributed by atoms with van der Waals surface area (Å²) < 4.78 is 0. The lowest BCUT2D eigenvalue weighted by Gasteiger charge is -2.57. The van der Waals surface area contributed by atoms with E-state index in [0.29, 0.717) is 5.41 Å². The number of piperidine rings is 1. The van der Waals surface area contributed by atoms with E-state index in [1.54, 1.807) is 0 Å². The Hall–Kier alpha value is -0.200. The fraction of sp³-hybridized carbons (Fsp3) is 1.00. The second-order valence-electron chi connectivity index (χ2n) is 10.1. The lowest BCUT2D eigenvalue weighted by atomic mass is 9.48. The van der Waals surface area contributed by atoms with Gasteiger partial charge in [-0.25, -0.2) is 0 Å². The van der Waals surface area contributed by atoms with Gasteiger partial charge in [0.1, 0.15) is 6.10 Å². The first-order valence-electron chi connectivity index (χ1n) is 10.9. The average Bonchev–Trinajstić information content (AvgIpc) is 2.60. The summed E-state index contributed by atoms with van der Waals surface area (Å²) in [7, 11) is 0. The van der Waals surface area contributed by atoms with Gasteiger partial charge in [0.25, 0.3) is 0 Å². The minimum Gasteiger partial charge on any atom is -0.395 e. The molecule has 1 heterocycles. The second-order valence-corrected chi connectivity index (χ2v) is 10.1. The van der Waals surface area contributed by atoms with Crippen molar-refractivity contribution in [2.24, 2.45) is 23.2 Å². The van der Waals surface area contributed by atoms with Crippen LogP contribution >= 0.6 is 0 Å². The molecule has 5 aliphatic rings. The van der Waals surface area contributed by atoms with Crippen LogP contribution in [-0.4, -0.2) is 57.4 Å². The van der Waals surface area contributed by atoms with Crippen LogP contribution in [0.25, 0.3) is 0 Å². The van der Waals surface area contributed by atoms with Crippen molar-refractivity contribution in [3.8, 4) is 0 Å². The van der Waals surface area contributed by atoms with Gasteiger partial charge in [-0.3, -0.25) is 0 Å². The summed E-state index contributed by atoms with van der Waals surface area (Å²) in [5.41, 5.74) is 0.652. The molecular weight excluding hydrogens is 330 g/mol. The Morgan fingerprint density at radius 2 is 1.31 bits per heavy atom. The maximum absolute atomic E-state index is 10.2. The van der Waals surface area contributed by atoms with E-state index in [1.807, 2.05) is 0 Å². The summed E-state index contributed by atoms with van der Waals surface area (Å²) in [6.07, 6.45) is 11.3. The molecule has 150 valence electrons. The highest BCUT2D eigenvalue weighted by molar-refractivity contribution is 5.01. The molecular formula is C21H37NO4. The summed E-state index contributed by atoms with van der Waals surface area (Å²) in [5.74, 6) is 3.06. The predicted octanol–water partition coefficient (Wildman–Crippen LogP) is 1.57. The fourth-order valence-corrected chi connectivity index (χ4v) is 7.20. The van der Waals surface area contributed by atoms with Crippen molar-refractivity contribution < 1.29 is 20.4 Å². The molecule has 5 atom stereocenters. The van der Waals surface area contributed by atoms with Crippen LogP contribution in [0.4, 0.5) is 0 Å². The molecule has 5 N–H and O–H groups in total. The standard InChI is InChI=1S/C21H37NO4/c23-12-17-19(25)20(26)18(24)16(22-17)4-2-1-3-5-21-9-13-6-14(10-21)8-15(7-13)11-21/h13-20,22-26H,1-12H2/t13?,14?,15?,16-,17+,18-,19+,20+,21?/m0/s1. The highest BCUT2D eigenvalue weighted by atomic mass is 16.4. The van der Waals surface area contributed by atoms with E-state index >= 15 is 0 Å². The Morgan fingerprint density at radius 3 is 1.88 bits per heavy atom. The van der Waals surface area contributed by atoms with E-state index in [1.165, 1.54) is 51.4 Å². The first kappa shape index (κ1) is 19.1. The molecule has 1 saturated heterocycles. The van der Waals surface area contributed by atoms with E-state index < -0.39 is 24.4 Å². The molecule has 4 saturated carbocycles. The molecule has 5 heteroatoms. The van der Waals surface area contributed by atoms with Crippen LogP contribution in [0.15, 0.2) is 0 Å². The van der Waals surface area contributed by atoms with Gasteiger partial charge in [0.15, 0.2) is 0 Å². The molecule has 0 aromatic carbocycles. The number of hydrogen-bond donors (Lipinski definition) is 5. The molecule has 1 aliphatic heterocycles. The average molecular weight is 368 g/mol. The van der Waals surface area contributed by atoms with Gasteiger partial charge in [-0.2, -0.15) is 0 Å². The molecule has 5 rings (SSSR count). The molecule has 0 amide bonds. The number of nitrogens with one attached hydrogen (secondary N) is 1. The highest BCUT2D eigenvalue weighted by Gasteiger charge is 2.50. The maximum Gasteiger partial charge on any atom is 0.109 e. The van der Waals surface area contributed by atoms with Gasteiger partial charge in [-0.1, -0.05) is 19.3 Å². The highest BCUT2D eigenvalue weighted by Crippen LogP contribution is 2.61. The Balaban J connectivity index is 1.20. The number of aliphatic hydroxyl groups is 4. The van der Waals surface area contributed by atoms with Gasteiger partial charge in [0, 0.05) is 6.04 Å². The van der Waals surface area contributed by atoms with Crippen molar-refractivity contribution in [2.75, 3.05) is 6.61 Å². The van der Waals surface area contributed by atoms with E-state index in [0.717, 1.165) is 37.0 Å². The molecule has 26 heavy (non-hydrogen) atoms. The van der Waals surface area contributed by atoms with Crippen LogP contribution in [0, 0.1) is 23.2 Å². The Kier molecular flexibility index (Phi) is 5.64. The van der Waals surface area contributed by atoms with Crippen LogP contribution in [-0.2, 0) is 0 Å². The van der Waals surface area contributed by atoms with Crippen LogP contribution in [0.3, 0.4) is 0 Å². The Morgan fingerprint density at radius 1 is 0.731 bits per heavy atom. The lowest BCUT2D eigenvalue weighted by Crippen LogP contribution is -2.65. The summed E-state index contributed by atoms with van der Waals surface area (Å²) in [6.45, 7) is -0.229. The third-order valence-electron chi connectivity index (χ3n) is 8.04. The summed E-state index contributed by atoms with van der Waals surface area (Å²) in [4.78, 5) is 0. The van der Waals surface area contributed by atoms with Gasteiger partial charge in [0.2, 0.25) is 0 Å². The summed E-state index contributed by atoms with van der Waals surface area (Å²) in [6, 6.07) is -0.796. The zero-order valence-electron chi connectivity index (χ0n) is 15.9. The molecule has 0 aromatic rings. The molecule has 0 aromatic heterocycles. The van der Waals surface area contributed by atoms with Crippen LogP contribution in [0.1, 0.15) is 70.6 Å². The molecule has 5 nitrogen and oxygen atoms in total. The van der Waals surface area contributed by atoms with E-state index in [9.17, 15) is 20.4 Å². The smallest absolute Gasteiger partial charge is 0.109 e. The number of hydrogen-bond acceptors (Lipinski definition) is 5. The van der Waals surface area contributed by atoms with Crippen LogP contribution in [0.5, 0.6) is 0 Å². The van der Waals surface area contributed by atoms with Gasteiger partial charge in [-0.15, -0.1) is 0 Å². The van der Waals surface area contributed by atoms with Gasteiger partial charge in [-0.05, 0) is 74.5 Å². The van der Waals surface area contributed by atoms with Crippen LogP contribution in [0.2, 0.25) is 0 Å². The third-order valence-corrected chi connectivity index (χ3v) is 8.04. The monoisotopic (exact) mass is 367 g/mol. The largest absolute Gasteiger partial charge is 0.395 e. The molecule has 0 radical (unpaired) electrons. The maximum atomic E-state index is 10.2. The molecule has 4 aliphatic carbocycles. The minimum absolute atomic E-state index is 0.229. The van der Waals surface area contributed by atoms with E-state index in [2.05, 4.69) is 5.32 Å². The molecule has 4 bridgehead atoms. The second kappa shape index (κ2) is 7.67. The fourth-order valence-electron chi connectivity index (χ4n) is 7.20. The van der Waals surface area contributed by atoms with Crippen molar-refractivity contribution in [2.45, 2.75) is 101 Å². The van der Waals surface area contributed by atoms with Crippen molar-refractivity contribution >= 4 is 0 Å². The molecule has 0 spiro atoms.